The molecule has 0 spiro atoms. The number of hydrogen-bond acceptors (Lipinski definition) is 11. The second kappa shape index (κ2) is 9.41. The minimum atomic E-state index is -1.51. The first-order chi connectivity index (χ1) is 14.0. The van der Waals surface area contributed by atoms with Crippen molar-refractivity contribution in [3.8, 4) is 0 Å². The van der Waals surface area contributed by atoms with Crippen LogP contribution in [0.4, 0.5) is 0 Å². The highest BCUT2D eigenvalue weighted by molar-refractivity contribution is 5.80. The number of esters is 5. The molecule has 6 atom stereocenters. The maximum absolute atomic E-state index is 12.4. The van der Waals surface area contributed by atoms with Crippen molar-refractivity contribution in [1.29, 1.82) is 0 Å². The number of fused-ring (bicyclic) bond motifs is 1. The summed E-state index contributed by atoms with van der Waals surface area (Å²) in [6.07, 6.45) is -4.31. The average Bonchev–Trinajstić information content (AvgIpc) is 3.01. The van der Waals surface area contributed by atoms with E-state index in [1.54, 1.807) is 0 Å². The minimum absolute atomic E-state index is 0.0432. The summed E-state index contributed by atoms with van der Waals surface area (Å²) in [7, 11) is 1.19. The first-order valence-corrected chi connectivity index (χ1v) is 9.40. The SMILES string of the molecule is COC(=O)C1(C)CC2OC(=O)CC2C(C(OC(C)=O)C(COC(C)=O)OC(C)=O)O1. The Morgan fingerprint density at radius 1 is 1.10 bits per heavy atom. The summed E-state index contributed by atoms with van der Waals surface area (Å²) < 4.78 is 31.7. The van der Waals surface area contributed by atoms with Gasteiger partial charge in [0.15, 0.2) is 17.8 Å². The molecule has 0 aromatic carbocycles. The second-order valence-corrected chi connectivity index (χ2v) is 7.43. The van der Waals surface area contributed by atoms with E-state index in [0.29, 0.717) is 0 Å². The molecule has 2 aliphatic heterocycles. The molecule has 11 nitrogen and oxygen atoms in total. The van der Waals surface area contributed by atoms with E-state index in [2.05, 4.69) is 0 Å². The molecule has 0 amide bonds. The molecule has 2 saturated heterocycles. The minimum Gasteiger partial charge on any atom is -0.467 e. The average molecular weight is 430 g/mol. The summed E-state index contributed by atoms with van der Waals surface area (Å²) in [5.41, 5.74) is -1.51. The predicted molar refractivity (Wildman–Crippen MR) is 95.6 cm³/mol. The normalized spacial score (nSPS) is 29.6. The van der Waals surface area contributed by atoms with Gasteiger partial charge in [0.25, 0.3) is 0 Å². The Kier molecular flexibility index (Phi) is 7.40. The van der Waals surface area contributed by atoms with Crippen molar-refractivity contribution in [2.24, 2.45) is 5.92 Å². The van der Waals surface area contributed by atoms with Crippen LogP contribution in [0.25, 0.3) is 0 Å². The summed E-state index contributed by atoms with van der Waals surface area (Å²) in [5.74, 6) is -3.88. The first-order valence-electron chi connectivity index (χ1n) is 9.40. The van der Waals surface area contributed by atoms with Gasteiger partial charge in [0, 0.05) is 33.1 Å². The van der Waals surface area contributed by atoms with Crippen LogP contribution in [0.15, 0.2) is 0 Å². The van der Waals surface area contributed by atoms with Gasteiger partial charge in [-0.15, -0.1) is 0 Å². The molecule has 2 fully saturated rings. The molecule has 0 N–H and O–H groups in total. The van der Waals surface area contributed by atoms with Gasteiger partial charge in [-0.05, 0) is 6.92 Å². The quantitative estimate of drug-likeness (QED) is 0.400. The Bertz CT molecular complexity index is 717. The Morgan fingerprint density at radius 2 is 1.73 bits per heavy atom. The van der Waals surface area contributed by atoms with E-state index < -0.39 is 72.4 Å². The molecule has 30 heavy (non-hydrogen) atoms. The highest BCUT2D eigenvalue weighted by atomic mass is 16.6. The number of carbonyl (C=O) groups is 5. The molecule has 0 saturated carbocycles. The molecule has 2 aliphatic rings. The van der Waals surface area contributed by atoms with Crippen molar-refractivity contribution < 1.29 is 52.4 Å². The fourth-order valence-corrected chi connectivity index (χ4v) is 3.78. The molecule has 11 heteroatoms. The van der Waals surface area contributed by atoms with Crippen LogP contribution >= 0.6 is 0 Å². The molecule has 0 aromatic rings. The lowest BCUT2D eigenvalue weighted by Crippen LogP contribution is -2.60. The van der Waals surface area contributed by atoms with Crippen molar-refractivity contribution in [3.05, 3.63) is 0 Å². The molecule has 0 aliphatic carbocycles. The molecule has 168 valence electrons. The maximum atomic E-state index is 12.4. The highest BCUT2D eigenvalue weighted by Crippen LogP contribution is 2.43. The number of rotatable bonds is 7. The van der Waals surface area contributed by atoms with E-state index in [9.17, 15) is 24.0 Å². The van der Waals surface area contributed by atoms with Crippen LogP contribution in [0.2, 0.25) is 0 Å². The summed E-state index contributed by atoms with van der Waals surface area (Å²) in [4.78, 5) is 59.1. The van der Waals surface area contributed by atoms with Crippen LogP contribution in [-0.4, -0.2) is 73.6 Å². The van der Waals surface area contributed by atoms with Gasteiger partial charge in [-0.1, -0.05) is 0 Å². The standard InChI is InChI=1S/C19H26O11/c1-9(20)26-8-14(27-10(2)21)17(28-11(3)22)16-12-6-15(23)29-13(12)7-19(4,30-16)18(24)25-5/h12-14,16-17H,6-8H2,1-5H3. The third-order valence-electron chi connectivity index (χ3n) is 4.95. The molecule has 6 unspecified atom stereocenters. The van der Waals surface area contributed by atoms with Crippen molar-refractivity contribution in [3.63, 3.8) is 0 Å². The van der Waals surface area contributed by atoms with Crippen LogP contribution in [0.1, 0.15) is 40.5 Å². The zero-order valence-electron chi connectivity index (χ0n) is 17.5. The number of carbonyl (C=O) groups excluding carboxylic acids is 5. The van der Waals surface area contributed by atoms with Crippen molar-refractivity contribution in [1.82, 2.24) is 0 Å². The Balaban J connectivity index is 2.44. The van der Waals surface area contributed by atoms with Crippen LogP contribution in [-0.2, 0) is 52.4 Å². The van der Waals surface area contributed by atoms with Gasteiger partial charge in [-0.25, -0.2) is 4.79 Å². The van der Waals surface area contributed by atoms with Gasteiger partial charge in [0.2, 0.25) is 0 Å². The summed E-state index contributed by atoms with van der Waals surface area (Å²) in [6.45, 7) is 4.48. The van der Waals surface area contributed by atoms with Gasteiger partial charge in [-0.3, -0.25) is 19.2 Å². The number of hydrogen-bond donors (Lipinski definition) is 0. The fourth-order valence-electron chi connectivity index (χ4n) is 3.78. The second-order valence-electron chi connectivity index (χ2n) is 7.43. The van der Waals surface area contributed by atoms with Crippen molar-refractivity contribution in [2.75, 3.05) is 13.7 Å². The highest BCUT2D eigenvalue weighted by Gasteiger charge is 2.58. The summed E-state index contributed by atoms with van der Waals surface area (Å²) in [5, 5.41) is 0. The molecular weight excluding hydrogens is 404 g/mol. The third kappa shape index (κ3) is 5.47. The van der Waals surface area contributed by atoms with Crippen molar-refractivity contribution >= 4 is 29.8 Å². The van der Waals surface area contributed by atoms with Crippen LogP contribution in [0.3, 0.4) is 0 Å². The van der Waals surface area contributed by atoms with Crippen molar-refractivity contribution in [2.45, 2.75) is 70.6 Å². The van der Waals surface area contributed by atoms with E-state index >= 15 is 0 Å². The Morgan fingerprint density at radius 3 is 2.27 bits per heavy atom. The first kappa shape index (κ1) is 23.6. The largest absolute Gasteiger partial charge is 0.467 e. The van der Waals surface area contributed by atoms with Crippen LogP contribution in [0, 0.1) is 5.92 Å². The zero-order chi connectivity index (χ0) is 22.6. The molecule has 0 aromatic heterocycles. The molecule has 0 bridgehead atoms. The maximum Gasteiger partial charge on any atom is 0.338 e. The van der Waals surface area contributed by atoms with Gasteiger partial charge in [0.1, 0.15) is 18.8 Å². The molecule has 2 rings (SSSR count). The smallest absolute Gasteiger partial charge is 0.338 e. The Hall–Kier alpha value is -2.69. The number of methoxy groups -OCH3 is 1. The Labute approximate surface area is 173 Å². The molecular formula is C19H26O11. The van der Waals surface area contributed by atoms with Gasteiger partial charge in [-0.2, -0.15) is 0 Å². The number of ether oxygens (including phenoxy) is 6. The summed E-state index contributed by atoms with van der Waals surface area (Å²) in [6, 6.07) is 0. The predicted octanol–water partition coefficient (Wildman–Crippen LogP) is 0.0652. The third-order valence-corrected chi connectivity index (χ3v) is 4.95. The lowest BCUT2D eigenvalue weighted by atomic mass is 9.80. The summed E-state index contributed by atoms with van der Waals surface area (Å²) >= 11 is 0. The monoisotopic (exact) mass is 430 g/mol. The fraction of sp³-hybridized carbons (Fsp3) is 0.737. The van der Waals surface area contributed by atoms with Crippen LogP contribution in [0.5, 0.6) is 0 Å². The van der Waals surface area contributed by atoms with Gasteiger partial charge >= 0.3 is 29.8 Å². The molecule has 0 radical (unpaired) electrons. The van der Waals surface area contributed by atoms with E-state index in [-0.39, 0.29) is 12.8 Å². The van der Waals surface area contributed by atoms with E-state index in [1.807, 2.05) is 0 Å². The van der Waals surface area contributed by atoms with Gasteiger partial charge in [0.05, 0.1) is 13.5 Å². The topological polar surface area (TPSA) is 141 Å². The van der Waals surface area contributed by atoms with Crippen LogP contribution < -0.4 is 0 Å². The zero-order valence-corrected chi connectivity index (χ0v) is 17.5. The van der Waals surface area contributed by atoms with E-state index in [1.165, 1.54) is 14.0 Å². The van der Waals surface area contributed by atoms with E-state index in [0.717, 1.165) is 20.8 Å². The van der Waals surface area contributed by atoms with E-state index in [4.69, 9.17) is 28.4 Å². The van der Waals surface area contributed by atoms with Gasteiger partial charge < -0.3 is 28.4 Å². The lowest BCUT2D eigenvalue weighted by Gasteiger charge is -2.45. The lowest BCUT2D eigenvalue weighted by molar-refractivity contribution is -0.238. The molecule has 2 heterocycles.